The first-order valence-corrected chi connectivity index (χ1v) is 7.88. The van der Waals surface area contributed by atoms with E-state index in [0.717, 1.165) is 31.7 Å². The number of likely N-dealkylation sites (tertiary alicyclic amines) is 1. The molecule has 0 aliphatic carbocycles. The maximum atomic E-state index is 11.2. The smallest absolute Gasteiger partial charge is 0.228 e. The van der Waals surface area contributed by atoms with Gasteiger partial charge in [0.1, 0.15) is 11.6 Å². The lowest BCUT2D eigenvalue weighted by Crippen LogP contribution is -2.38. The lowest BCUT2D eigenvalue weighted by atomic mass is 9.96. The van der Waals surface area contributed by atoms with Gasteiger partial charge in [-0.3, -0.25) is 9.69 Å². The van der Waals surface area contributed by atoms with Crippen LogP contribution in [-0.4, -0.2) is 38.8 Å². The minimum absolute atomic E-state index is 0.0322. The van der Waals surface area contributed by atoms with Gasteiger partial charge in [0.2, 0.25) is 17.8 Å². The Balaban J connectivity index is 1.58. The summed E-state index contributed by atoms with van der Waals surface area (Å²) in [7, 11) is 0. The number of nitrogens with zero attached hydrogens (tertiary/aromatic N) is 4. The Bertz CT molecular complexity index is 681. The molecule has 0 spiro atoms. The summed E-state index contributed by atoms with van der Waals surface area (Å²) in [5.74, 6) is 1.72. The predicted octanol–water partition coefficient (Wildman–Crippen LogP) is 0.356. The molecule has 0 unspecified atom stereocenters. The molecule has 0 radical (unpaired) electrons. The number of rotatable bonds is 6. The van der Waals surface area contributed by atoms with Gasteiger partial charge in [-0.25, -0.2) is 0 Å². The molecule has 1 aliphatic rings. The van der Waals surface area contributed by atoms with Crippen LogP contribution in [0, 0.1) is 5.92 Å². The molecule has 3 heterocycles. The minimum atomic E-state index is -0.219. The standard InChI is InChI=1S/C15H21N7O2/c16-13(23)10-3-5-22(6-4-10)9-12-19-14(17)21-15(20-12)18-8-11-2-1-7-24-11/h1-2,7,10H,3-6,8-9H2,(H2,16,23)(H3,17,18,19,20,21). The van der Waals surface area contributed by atoms with Crippen LogP contribution in [-0.2, 0) is 17.9 Å². The summed E-state index contributed by atoms with van der Waals surface area (Å²) in [6, 6.07) is 3.68. The molecule has 1 aliphatic heterocycles. The molecule has 24 heavy (non-hydrogen) atoms. The van der Waals surface area contributed by atoms with Gasteiger partial charge < -0.3 is 21.2 Å². The molecule has 9 nitrogen and oxygen atoms in total. The average Bonchev–Trinajstić information content (AvgIpc) is 3.06. The second kappa shape index (κ2) is 7.26. The molecule has 1 amide bonds. The van der Waals surface area contributed by atoms with Crippen molar-refractivity contribution >= 4 is 17.8 Å². The van der Waals surface area contributed by atoms with Crippen LogP contribution in [0.2, 0.25) is 0 Å². The maximum Gasteiger partial charge on any atom is 0.228 e. The van der Waals surface area contributed by atoms with E-state index >= 15 is 0 Å². The minimum Gasteiger partial charge on any atom is -0.467 e. The first-order chi connectivity index (χ1) is 11.6. The van der Waals surface area contributed by atoms with E-state index in [0.29, 0.717) is 24.9 Å². The van der Waals surface area contributed by atoms with E-state index in [4.69, 9.17) is 15.9 Å². The molecule has 5 N–H and O–H groups in total. The number of aromatic nitrogens is 3. The van der Waals surface area contributed by atoms with E-state index in [2.05, 4.69) is 25.2 Å². The number of carbonyl (C=O) groups is 1. The van der Waals surface area contributed by atoms with Gasteiger partial charge in [-0.05, 0) is 38.1 Å². The highest BCUT2D eigenvalue weighted by Crippen LogP contribution is 2.18. The van der Waals surface area contributed by atoms with E-state index in [1.54, 1.807) is 6.26 Å². The number of amides is 1. The van der Waals surface area contributed by atoms with Crippen LogP contribution in [0.4, 0.5) is 11.9 Å². The SMILES string of the molecule is NC(=O)C1CCN(Cc2nc(N)nc(NCc3ccco3)n2)CC1. The number of hydrogen-bond acceptors (Lipinski definition) is 8. The number of nitrogens with one attached hydrogen (secondary N) is 1. The van der Waals surface area contributed by atoms with Crippen molar-refractivity contribution in [1.29, 1.82) is 0 Å². The van der Waals surface area contributed by atoms with Crippen molar-refractivity contribution in [1.82, 2.24) is 19.9 Å². The molecule has 0 aromatic carbocycles. The molecule has 128 valence electrons. The van der Waals surface area contributed by atoms with Gasteiger partial charge in [0.25, 0.3) is 0 Å². The quantitative estimate of drug-likeness (QED) is 0.690. The molecule has 0 saturated carbocycles. The fourth-order valence-corrected chi connectivity index (χ4v) is 2.74. The number of nitrogens with two attached hydrogens (primary N) is 2. The Morgan fingerprint density at radius 3 is 2.79 bits per heavy atom. The van der Waals surface area contributed by atoms with E-state index in [1.807, 2.05) is 12.1 Å². The zero-order chi connectivity index (χ0) is 16.9. The zero-order valence-electron chi connectivity index (χ0n) is 13.3. The zero-order valence-corrected chi connectivity index (χ0v) is 13.3. The summed E-state index contributed by atoms with van der Waals surface area (Å²) in [5.41, 5.74) is 11.1. The summed E-state index contributed by atoms with van der Waals surface area (Å²) < 4.78 is 5.26. The molecule has 1 fully saturated rings. The highest BCUT2D eigenvalue weighted by atomic mass is 16.3. The second-order valence-corrected chi connectivity index (χ2v) is 5.82. The summed E-state index contributed by atoms with van der Waals surface area (Å²) in [6.45, 7) is 2.61. The van der Waals surface area contributed by atoms with Crippen LogP contribution in [0.3, 0.4) is 0 Å². The van der Waals surface area contributed by atoms with E-state index in [-0.39, 0.29) is 17.8 Å². The Hall–Kier alpha value is -2.68. The maximum absolute atomic E-state index is 11.2. The Labute approximate surface area is 139 Å². The Morgan fingerprint density at radius 1 is 1.33 bits per heavy atom. The molecular weight excluding hydrogens is 310 g/mol. The van der Waals surface area contributed by atoms with E-state index < -0.39 is 0 Å². The van der Waals surface area contributed by atoms with Crippen molar-refractivity contribution in [2.24, 2.45) is 11.7 Å². The number of hydrogen-bond donors (Lipinski definition) is 3. The lowest BCUT2D eigenvalue weighted by molar-refractivity contribution is -0.123. The molecule has 2 aromatic rings. The average molecular weight is 331 g/mol. The third-order valence-corrected chi connectivity index (χ3v) is 4.05. The van der Waals surface area contributed by atoms with Gasteiger partial charge in [0.05, 0.1) is 19.4 Å². The van der Waals surface area contributed by atoms with Gasteiger partial charge in [-0.1, -0.05) is 0 Å². The molecule has 0 bridgehead atoms. The first kappa shape index (κ1) is 16.2. The van der Waals surface area contributed by atoms with Crippen molar-refractivity contribution in [3.8, 4) is 0 Å². The van der Waals surface area contributed by atoms with Crippen molar-refractivity contribution in [2.45, 2.75) is 25.9 Å². The van der Waals surface area contributed by atoms with Crippen molar-refractivity contribution in [3.05, 3.63) is 30.0 Å². The monoisotopic (exact) mass is 331 g/mol. The van der Waals surface area contributed by atoms with Gasteiger partial charge in [0, 0.05) is 5.92 Å². The van der Waals surface area contributed by atoms with Crippen LogP contribution >= 0.6 is 0 Å². The highest BCUT2D eigenvalue weighted by Gasteiger charge is 2.23. The molecule has 0 atom stereocenters. The Kier molecular flexibility index (Phi) is 4.90. The topological polar surface area (TPSA) is 136 Å². The van der Waals surface area contributed by atoms with E-state index in [9.17, 15) is 4.79 Å². The largest absolute Gasteiger partial charge is 0.467 e. The summed E-state index contributed by atoms with van der Waals surface area (Å²) in [6.07, 6.45) is 3.14. The fraction of sp³-hybridized carbons (Fsp3) is 0.467. The summed E-state index contributed by atoms with van der Waals surface area (Å²) in [4.78, 5) is 26.1. The second-order valence-electron chi connectivity index (χ2n) is 5.82. The Morgan fingerprint density at radius 2 is 2.12 bits per heavy atom. The van der Waals surface area contributed by atoms with E-state index in [1.165, 1.54) is 0 Å². The highest BCUT2D eigenvalue weighted by molar-refractivity contribution is 5.76. The number of carbonyl (C=O) groups excluding carboxylic acids is 1. The van der Waals surface area contributed by atoms with Gasteiger partial charge >= 0.3 is 0 Å². The molecule has 3 rings (SSSR count). The normalized spacial score (nSPS) is 16.2. The van der Waals surface area contributed by atoms with Gasteiger partial charge in [0.15, 0.2) is 0 Å². The number of nitrogen functional groups attached to an aromatic ring is 1. The molecule has 1 saturated heterocycles. The van der Waals surface area contributed by atoms with Crippen LogP contribution in [0.15, 0.2) is 22.8 Å². The fourth-order valence-electron chi connectivity index (χ4n) is 2.74. The van der Waals surface area contributed by atoms with Crippen molar-refractivity contribution in [2.75, 3.05) is 24.1 Å². The van der Waals surface area contributed by atoms with Crippen molar-refractivity contribution in [3.63, 3.8) is 0 Å². The van der Waals surface area contributed by atoms with Gasteiger partial charge in [-0.15, -0.1) is 0 Å². The van der Waals surface area contributed by atoms with Gasteiger partial charge in [-0.2, -0.15) is 15.0 Å². The van der Waals surface area contributed by atoms with Crippen LogP contribution in [0.1, 0.15) is 24.4 Å². The third kappa shape index (κ3) is 4.19. The summed E-state index contributed by atoms with van der Waals surface area (Å²) in [5, 5.41) is 3.07. The number of primary amides is 1. The van der Waals surface area contributed by atoms with Crippen LogP contribution in [0.25, 0.3) is 0 Å². The number of anilines is 2. The van der Waals surface area contributed by atoms with Crippen LogP contribution < -0.4 is 16.8 Å². The molecular formula is C15H21N7O2. The summed E-state index contributed by atoms with van der Waals surface area (Å²) >= 11 is 0. The number of furan rings is 1. The van der Waals surface area contributed by atoms with Crippen LogP contribution in [0.5, 0.6) is 0 Å². The first-order valence-electron chi connectivity index (χ1n) is 7.88. The molecule has 2 aromatic heterocycles. The predicted molar refractivity (Wildman–Crippen MR) is 87.5 cm³/mol. The van der Waals surface area contributed by atoms with Crippen molar-refractivity contribution < 1.29 is 9.21 Å². The molecule has 9 heteroatoms. The lowest BCUT2D eigenvalue weighted by Gasteiger charge is -2.29. The third-order valence-electron chi connectivity index (χ3n) is 4.05. The number of piperidine rings is 1.